The molecule has 1 aromatic carbocycles. The number of amides is 1. The summed E-state index contributed by atoms with van der Waals surface area (Å²) in [6.07, 6.45) is -4.55. The van der Waals surface area contributed by atoms with Crippen LogP contribution in [0.3, 0.4) is 0 Å². The second-order valence-corrected chi connectivity index (χ2v) is 6.45. The molecule has 9 heteroatoms. The van der Waals surface area contributed by atoms with Gasteiger partial charge >= 0.3 is 6.18 Å². The molecule has 4 rings (SSSR count). The van der Waals surface area contributed by atoms with E-state index in [-0.39, 0.29) is 31.4 Å². The number of aryl methyl sites for hydroxylation is 2. The number of carbonyl (C=O) groups is 1. The molecule has 2 aromatic heterocycles. The normalized spacial score (nSPS) is 14.7. The fourth-order valence-corrected chi connectivity index (χ4v) is 3.32. The van der Waals surface area contributed by atoms with Gasteiger partial charge in [-0.25, -0.2) is 0 Å². The number of fused-ring (bicyclic) bond motifs is 2. The maximum atomic E-state index is 12.9. The lowest BCUT2D eigenvalue weighted by atomic mass is 10.1. The van der Waals surface area contributed by atoms with Gasteiger partial charge in [0.25, 0.3) is 5.91 Å². The molecular weight excluding hydrogens is 347 g/mol. The Kier molecular flexibility index (Phi) is 3.57. The van der Waals surface area contributed by atoms with E-state index in [0.29, 0.717) is 5.56 Å². The summed E-state index contributed by atoms with van der Waals surface area (Å²) in [5.74, 6) is -1.10. The van der Waals surface area contributed by atoms with E-state index < -0.39 is 12.0 Å². The number of rotatable bonds is 1. The molecule has 1 amide bonds. The molecule has 0 saturated heterocycles. The highest BCUT2D eigenvalue weighted by Crippen LogP contribution is 2.30. The number of halogens is 3. The van der Waals surface area contributed by atoms with Crippen molar-refractivity contribution in [2.24, 2.45) is 0 Å². The second kappa shape index (κ2) is 5.58. The summed E-state index contributed by atoms with van der Waals surface area (Å²) in [5.41, 5.74) is 3.56. The zero-order valence-corrected chi connectivity index (χ0v) is 14.2. The Bertz CT molecular complexity index is 1020. The van der Waals surface area contributed by atoms with Gasteiger partial charge in [-0.15, -0.1) is 10.2 Å². The van der Waals surface area contributed by atoms with Gasteiger partial charge in [-0.3, -0.25) is 4.79 Å². The highest BCUT2D eigenvalue weighted by Gasteiger charge is 2.40. The SMILES string of the molecule is Cc1[nH]c2ccc(C(=O)N3CCn4c(nnc4C(F)(F)F)C3)cc2c1C. The first kappa shape index (κ1) is 16.6. The fraction of sp³-hybridized carbons (Fsp3) is 0.353. The fourth-order valence-electron chi connectivity index (χ4n) is 3.32. The molecule has 1 aliphatic rings. The maximum absolute atomic E-state index is 12.9. The summed E-state index contributed by atoms with van der Waals surface area (Å²) in [6, 6.07) is 5.38. The van der Waals surface area contributed by atoms with Crippen molar-refractivity contribution in [3.63, 3.8) is 0 Å². The first-order valence-corrected chi connectivity index (χ1v) is 8.13. The molecule has 0 saturated carbocycles. The van der Waals surface area contributed by atoms with Crippen LogP contribution in [0.4, 0.5) is 13.2 Å². The number of carbonyl (C=O) groups excluding carboxylic acids is 1. The average molecular weight is 363 g/mol. The molecule has 0 fully saturated rings. The number of H-pyrrole nitrogens is 1. The van der Waals surface area contributed by atoms with Crippen molar-refractivity contribution in [1.82, 2.24) is 24.6 Å². The monoisotopic (exact) mass is 363 g/mol. The van der Waals surface area contributed by atoms with Gasteiger partial charge in [0.2, 0.25) is 5.82 Å². The third-order valence-electron chi connectivity index (χ3n) is 4.85. The summed E-state index contributed by atoms with van der Waals surface area (Å²) in [6.45, 7) is 4.14. The van der Waals surface area contributed by atoms with Crippen molar-refractivity contribution in [2.75, 3.05) is 6.54 Å². The van der Waals surface area contributed by atoms with Gasteiger partial charge in [0.05, 0.1) is 6.54 Å². The number of hydrogen-bond donors (Lipinski definition) is 1. The van der Waals surface area contributed by atoms with Crippen molar-refractivity contribution in [2.45, 2.75) is 33.1 Å². The van der Waals surface area contributed by atoms with Gasteiger partial charge < -0.3 is 14.5 Å². The zero-order chi connectivity index (χ0) is 18.6. The average Bonchev–Trinajstić information content (AvgIpc) is 3.15. The lowest BCUT2D eigenvalue weighted by molar-refractivity contribution is -0.147. The molecule has 0 radical (unpaired) electrons. The minimum absolute atomic E-state index is 0.00506. The van der Waals surface area contributed by atoms with E-state index in [1.165, 1.54) is 4.90 Å². The van der Waals surface area contributed by atoms with Crippen molar-refractivity contribution in [1.29, 1.82) is 0 Å². The van der Waals surface area contributed by atoms with Gasteiger partial charge in [0.15, 0.2) is 5.82 Å². The number of alkyl halides is 3. The van der Waals surface area contributed by atoms with Crippen molar-refractivity contribution in [3.05, 3.63) is 46.7 Å². The minimum Gasteiger partial charge on any atom is -0.358 e. The standard InChI is InChI=1S/C17H16F3N5O/c1-9-10(2)21-13-4-3-11(7-12(9)13)15(26)24-5-6-25-14(8-24)22-23-16(25)17(18,19)20/h3-4,7,21H,5-6,8H2,1-2H3. The number of aromatic nitrogens is 4. The predicted octanol–water partition coefficient (Wildman–Crippen LogP) is 3.05. The number of nitrogens with one attached hydrogen (secondary N) is 1. The van der Waals surface area contributed by atoms with Gasteiger partial charge in [-0.1, -0.05) is 0 Å². The number of aromatic amines is 1. The van der Waals surface area contributed by atoms with E-state index in [1.54, 1.807) is 6.07 Å². The Balaban J connectivity index is 1.62. The van der Waals surface area contributed by atoms with E-state index in [1.807, 2.05) is 26.0 Å². The molecule has 0 bridgehead atoms. The molecular formula is C17H16F3N5O. The minimum atomic E-state index is -4.55. The number of hydrogen-bond acceptors (Lipinski definition) is 3. The Morgan fingerprint density at radius 3 is 2.69 bits per heavy atom. The molecule has 0 atom stereocenters. The highest BCUT2D eigenvalue weighted by atomic mass is 19.4. The first-order chi connectivity index (χ1) is 12.3. The number of benzene rings is 1. The lowest BCUT2D eigenvalue weighted by Crippen LogP contribution is -2.39. The summed E-state index contributed by atoms with van der Waals surface area (Å²) in [7, 11) is 0. The van der Waals surface area contributed by atoms with Crippen LogP contribution >= 0.6 is 0 Å². The molecule has 136 valence electrons. The van der Waals surface area contributed by atoms with Gasteiger partial charge in [-0.05, 0) is 37.6 Å². The smallest absolute Gasteiger partial charge is 0.358 e. The van der Waals surface area contributed by atoms with Crippen LogP contribution in [-0.4, -0.2) is 37.1 Å². The Morgan fingerprint density at radius 2 is 1.96 bits per heavy atom. The number of nitrogens with zero attached hydrogens (tertiary/aromatic N) is 4. The maximum Gasteiger partial charge on any atom is 0.451 e. The van der Waals surface area contributed by atoms with Crippen molar-refractivity contribution >= 4 is 16.8 Å². The Labute approximate surface area is 146 Å². The lowest BCUT2D eigenvalue weighted by Gasteiger charge is -2.28. The topological polar surface area (TPSA) is 66.8 Å². The van der Waals surface area contributed by atoms with Crippen molar-refractivity contribution < 1.29 is 18.0 Å². The predicted molar refractivity (Wildman–Crippen MR) is 87.5 cm³/mol. The van der Waals surface area contributed by atoms with E-state index >= 15 is 0 Å². The first-order valence-electron chi connectivity index (χ1n) is 8.13. The van der Waals surface area contributed by atoms with Crippen LogP contribution in [0.2, 0.25) is 0 Å². The second-order valence-electron chi connectivity index (χ2n) is 6.45. The highest BCUT2D eigenvalue weighted by molar-refractivity contribution is 5.99. The summed E-state index contributed by atoms with van der Waals surface area (Å²) >= 11 is 0. The van der Waals surface area contributed by atoms with Crippen LogP contribution in [0.15, 0.2) is 18.2 Å². The van der Waals surface area contributed by atoms with E-state index in [2.05, 4.69) is 15.2 Å². The zero-order valence-electron chi connectivity index (χ0n) is 14.2. The quantitative estimate of drug-likeness (QED) is 0.723. The summed E-state index contributed by atoms with van der Waals surface area (Å²) in [5, 5.41) is 7.81. The van der Waals surface area contributed by atoms with E-state index in [0.717, 1.165) is 26.7 Å². The third-order valence-corrected chi connectivity index (χ3v) is 4.85. The van der Waals surface area contributed by atoms with Gasteiger partial charge in [0, 0.05) is 35.2 Å². The van der Waals surface area contributed by atoms with Crippen LogP contribution in [0.25, 0.3) is 10.9 Å². The van der Waals surface area contributed by atoms with Crippen LogP contribution in [0, 0.1) is 13.8 Å². The molecule has 3 aromatic rings. The van der Waals surface area contributed by atoms with Gasteiger partial charge in [0.1, 0.15) is 0 Å². The Hall–Kier alpha value is -2.84. The van der Waals surface area contributed by atoms with Crippen LogP contribution in [-0.2, 0) is 19.3 Å². The molecule has 0 aliphatic carbocycles. The van der Waals surface area contributed by atoms with Crippen LogP contribution in [0.5, 0.6) is 0 Å². The van der Waals surface area contributed by atoms with Crippen molar-refractivity contribution in [3.8, 4) is 0 Å². The van der Waals surface area contributed by atoms with E-state index in [9.17, 15) is 18.0 Å². The van der Waals surface area contributed by atoms with Gasteiger partial charge in [-0.2, -0.15) is 13.2 Å². The molecule has 0 spiro atoms. The Morgan fingerprint density at radius 1 is 1.19 bits per heavy atom. The molecule has 3 heterocycles. The molecule has 1 aliphatic heterocycles. The molecule has 1 N–H and O–H groups in total. The summed E-state index contributed by atoms with van der Waals surface area (Å²) < 4.78 is 39.8. The summed E-state index contributed by atoms with van der Waals surface area (Å²) in [4.78, 5) is 17.6. The van der Waals surface area contributed by atoms with E-state index in [4.69, 9.17) is 0 Å². The van der Waals surface area contributed by atoms with Crippen LogP contribution in [0.1, 0.15) is 33.3 Å². The molecule has 6 nitrogen and oxygen atoms in total. The molecule has 26 heavy (non-hydrogen) atoms. The van der Waals surface area contributed by atoms with Crippen LogP contribution < -0.4 is 0 Å². The largest absolute Gasteiger partial charge is 0.451 e. The molecule has 0 unspecified atom stereocenters. The third kappa shape index (κ3) is 2.54.